The standard InChI is InChI=1S/C13H9F3N4/c1-20-5-4-7-12(17-6-18-13(7)20)19-9-3-2-8(14)10(15)11(9)16/h2-6H,1H3,(H,17,18,19). The molecule has 3 aromatic rings. The van der Waals surface area contributed by atoms with Crippen LogP contribution in [0.3, 0.4) is 0 Å². The molecule has 1 N–H and O–H groups in total. The summed E-state index contributed by atoms with van der Waals surface area (Å²) in [6.07, 6.45) is 3.08. The summed E-state index contributed by atoms with van der Waals surface area (Å²) >= 11 is 0. The van der Waals surface area contributed by atoms with Gasteiger partial charge in [0.15, 0.2) is 17.5 Å². The van der Waals surface area contributed by atoms with Crippen molar-refractivity contribution >= 4 is 22.5 Å². The predicted octanol–water partition coefficient (Wildman–Crippen LogP) is 3.13. The second-order valence-corrected chi connectivity index (χ2v) is 4.23. The van der Waals surface area contributed by atoms with Crippen molar-refractivity contribution in [3.05, 3.63) is 48.2 Å². The number of nitrogens with zero attached hydrogens (tertiary/aromatic N) is 3. The molecule has 0 fully saturated rings. The van der Waals surface area contributed by atoms with E-state index in [1.54, 1.807) is 23.9 Å². The third kappa shape index (κ3) is 1.87. The Balaban J connectivity index is 2.08. The SMILES string of the molecule is Cn1ccc2c(Nc3ccc(F)c(F)c3F)ncnc21. The van der Waals surface area contributed by atoms with Gasteiger partial charge >= 0.3 is 0 Å². The summed E-state index contributed by atoms with van der Waals surface area (Å²) in [6, 6.07) is 3.71. The zero-order chi connectivity index (χ0) is 14.3. The Kier molecular flexibility index (Phi) is 2.81. The van der Waals surface area contributed by atoms with Gasteiger partial charge in [-0.2, -0.15) is 0 Å². The minimum absolute atomic E-state index is 0.187. The smallest absolute Gasteiger partial charge is 0.196 e. The van der Waals surface area contributed by atoms with Crippen LogP contribution >= 0.6 is 0 Å². The fourth-order valence-corrected chi connectivity index (χ4v) is 1.93. The van der Waals surface area contributed by atoms with Crippen LogP contribution in [0.2, 0.25) is 0 Å². The first-order chi connectivity index (χ1) is 9.58. The van der Waals surface area contributed by atoms with E-state index in [2.05, 4.69) is 15.3 Å². The molecule has 0 radical (unpaired) electrons. The Morgan fingerprint density at radius 3 is 2.65 bits per heavy atom. The summed E-state index contributed by atoms with van der Waals surface area (Å²) in [6.45, 7) is 0. The highest BCUT2D eigenvalue weighted by molar-refractivity contribution is 5.89. The van der Waals surface area contributed by atoms with Gasteiger partial charge < -0.3 is 9.88 Å². The maximum atomic E-state index is 13.6. The summed E-state index contributed by atoms with van der Waals surface area (Å²) in [5, 5.41) is 3.30. The molecule has 7 heteroatoms. The van der Waals surface area contributed by atoms with Gasteiger partial charge in [0.1, 0.15) is 17.8 Å². The third-order valence-electron chi connectivity index (χ3n) is 2.95. The van der Waals surface area contributed by atoms with Gasteiger partial charge in [0, 0.05) is 13.2 Å². The average Bonchev–Trinajstić information content (AvgIpc) is 2.82. The number of hydrogen-bond donors (Lipinski definition) is 1. The van der Waals surface area contributed by atoms with Crippen molar-refractivity contribution in [2.45, 2.75) is 0 Å². The molecule has 0 aliphatic carbocycles. The Hall–Kier alpha value is -2.57. The molecule has 0 spiro atoms. The molecule has 0 atom stereocenters. The molecule has 2 aromatic heterocycles. The number of hydrogen-bond acceptors (Lipinski definition) is 3. The summed E-state index contributed by atoms with van der Waals surface area (Å²) in [7, 11) is 1.80. The lowest BCUT2D eigenvalue weighted by atomic mass is 10.2. The molecule has 102 valence electrons. The molecule has 1 aromatic carbocycles. The summed E-state index contributed by atoms with van der Waals surface area (Å²) in [5.41, 5.74) is 0.457. The molecule has 20 heavy (non-hydrogen) atoms. The number of aromatic nitrogens is 3. The minimum Gasteiger partial charge on any atom is -0.337 e. The highest BCUT2D eigenvalue weighted by atomic mass is 19.2. The van der Waals surface area contributed by atoms with Crippen molar-refractivity contribution < 1.29 is 13.2 Å². The van der Waals surface area contributed by atoms with Crippen LogP contribution in [-0.2, 0) is 7.05 Å². The quantitative estimate of drug-likeness (QED) is 0.732. The second-order valence-electron chi connectivity index (χ2n) is 4.23. The van der Waals surface area contributed by atoms with Crippen LogP contribution in [0, 0.1) is 17.5 Å². The van der Waals surface area contributed by atoms with Gasteiger partial charge in [-0.3, -0.25) is 0 Å². The monoisotopic (exact) mass is 278 g/mol. The van der Waals surface area contributed by atoms with Crippen molar-refractivity contribution in [3.8, 4) is 0 Å². The number of nitrogens with one attached hydrogen (secondary N) is 1. The molecule has 2 heterocycles. The van der Waals surface area contributed by atoms with E-state index in [1.807, 2.05) is 0 Å². The topological polar surface area (TPSA) is 42.7 Å². The van der Waals surface area contributed by atoms with Crippen molar-refractivity contribution in [1.82, 2.24) is 14.5 Å². The predicted molar refractivity (Wildman–Crippen MR) is 68.1 cm³/mol. The van der Waals surface area contributed by atoms with E-state index in [4.69, 9.17) is 0 Å². The van der Waals surface area contributed by atoms with Gasteiger partial charge in [0.2, 0.25) is 0 Å². The van der Waals surface area contributed by atoms with Crippen molar-refractivity contribution in [1.29, 1.82) is 0 Å². The van der Waals surface area contributed by atoms with E-state index >= 15 is 0 Å². The average molecular weight is 278 g/mol. The Bertz CT molecular complexity index is 798. The number of rotatable bonds is 2. The largest absolute Gasteiger partial charge is 0.337 e. The first kappa shape index (κ1) is 12.5. The lowest BCUT2D eigenvalue weighted by Crippen LogP contribution is -2.01. The maximum Gasteiger partial charge on any atom is 0.196 e. The third-order valence-corrected chi connectivity index (χ3v) is 2.95. The van der Waals surface area contributed by atoms with Crippen LogP contribution < -0.4 is 5.32 Å². The van der Waals surface area contributed by atoms with Gasteiger partial charge in [-0.25, -0.2) is 23.1 Å². The van der Waals surface area contributed by atoms with Crippen LogP contribution in [0.1, 0.15) is 0 Å². The molecule has 4 nitrogen and oxygen atoms in total. The molecule has 0 unspecified atom stereocenters. The normalized spacial score (nSPS) is 11.0. The Morgan fingerprint density at radius 1 is 1.05 bits per heavy atom. The Labute approximate surface area is 111 Å². The maximum absolute atomic E-state index is 13.6. The minimum atomic E-state index is -1.52. The highest BCUT2D eigenvalue weighted by Gasteiger charge is 2.15. The van der Waals surface area contributed by atoms with Gasteiger partial charge in [-0.15, -0.1) is 0 Å². The first-order valence-corrected chi connectivity index (χ1v) is 5.74. The fourth-order valence-electron chi connectivity index (χ4n) is 1.93. The molecule has 0 saturated carbocycles. The Morgan fingerprint density at radius 2 is 1.85 bits per heavy atom. The van der Waals surface area contributed by atoms with E-state index in [0.717, 1.165) is 12.1 Å². The zero-order valence-electron chi connectivity index (χ0n) is 10.4. The van der Waals surface area contributed by atoms with Gasteiger partial charge in [0.05, 0.1) is 11.1 Å². The molecule has 0 bridgehead atoms. The van der Waals surface area contributed by atoms with E-state index in [1.165, 1.54) is 6.33 Å². The van der Waals surface area contributed by atoms with Crippen LogP contribution in [-0.4, -0.2) is 14.5 Å². The van der Waals surface area contributed by atoms with Crippen molar-refractivity contribution in [3.63, 3.8) is 0 Å². The highest BCUT2D eigenvalue weighted by Crippen LogP contribution is 2.26. The lowest BCUT2D eigenvalue weighted by Gasteiger charge is -2.08. The molecular weight excluding hydrogens is 269 g/mol. The number of aryl methyl sites for hydroxylation is 1. The van der Waals surface area contributed by atoms with Gasteiger partial charge in [-0.05, 0) is 18.2 Å². The second kappa shape index (κ2) is 4.52. The van der Waals surface area contributed by atoms with Crippen molar-refractivity contribution in [2.24, 2.45) is 7.05 Å². The molecule has 0 amide bonds. The first-order valence-electron chi connectivity index (χ1n) is 5.74. The summed E-state index contributed by atoms with van der Waals surface area (Å²) < 4.78 is 41.5. The number of benzene rings is 1. The van der Waals surface area contributed by atoms with Crippen LogP contribution in [0.25, 0.3) is 11.0 Å². The van der Waals surface area contributed by atoms with Gasteiger partial charge in [0.25, 0.3) is 0 Å². The van der Waals surface area contributed by atoms with Gasteiger partial charge in [-0.1, -0.05) is 0 Å². The zero-order valence-corrected chi connectivity index (χ0v) is 10.4. The molecule has 0 saturated heterocycles. The number of anilines is 2. The number of fused-ring (bicyclic) bond motifs is 1. The van der Waals surface area contributed by atoms with Crippen LogP contribution in [0.5, 0.6) is 0 Å². The van der Waals surface area contributed by atoms with E-state index in [-0.39, 0.29) is 5.69 Å². The van der Waals surface area contributed by atoms with Crippen LogP contribution in [0.15, 0.2) is 30.7 Å². The molecule has 0 aliphatic heterocycles. The molecule has 3 rings (SSSR count). The summed E-state index contributed by atoms with van der Waals surface area (Å²) in [5.74, 6) is -3.72. The van der Waals surface area contributed by atoms with Crippen molar-refractivity contribution in [2.75, 3.05) is 5.32 Å². The summed E-state index contributed by atoms with van der Waals surface area (Å²) in [4.78, 5) is 8.07. The lowest BCUT2D eigenvalue weighted by molar-refractivity contribution is 0.449. The molecule has 0 aliphatic rings. The van der Waals surface area contributed by atoms with E-state index in [9.17, 15) is 13.2 Å². The number of halogens is 3. The fraction of sp³-hybridized carbons (Fsp3) is 0.0769. The van der Waals surface area contributed by atoms with E-state index < -0.39 is 17.5 Å². The van der Waals surface area contributed by atoms with Crippen LogP contribution in [0.4, 0.5) is 24.7 Å². The molecular formula is C13H9F3N4. The van der Waals surface area contributed by atoms with E-state index in [0.29, 0.717) is 16.9 Å².